The molecule has 20 heavy (non-hydrogen) atoms. The van der Waals surface area contributed by atoms with Gasteiger partial charge in [-0.3, -0.25) is 0 Å². The van der Waals surface area contributed by atoms with Crippen molar-refractivity contribution < 1.29 is 0 Å². The van der Waals surface area contributed by atoms with Crippen LogP contribution in [0.1, 0.15) is 41.6 Å². The highest BCUT2D eigenvalue weighted by atomic mass is 127. The van der Waals surface area contributed by atoms with E-state index >= 15 is 0 Å². The molecule has 106 valence electrons. The lowest BCUT2D eigenvalue weighted by Crippen LogP contribution is -2.24. The van der Waals surface area contributed by atoms with Crippen molar-refractivity contribution in [3.05, 3.63) is 68.3 Å². The Bertz CT molecular complexity index is 560. The summed E-state index contributed by atoms with van der Waals surface area (Å²) < 4.78 is 1.28. The Morgan fingerprint density at radius 3 is 2.40 bits per heavy atom. The van der Waals surface area contributed by atoms with Crippen molar-refractivity contribution in [1.82, 2.24) is 5.32 Å². The fraction of sp³-hybridized carbons (Fsp3) is 0.333. The quantitative estimate of drug-likeness (QED) is 0.722. The second-order valence-electron chi connectivity index (χ2n) is 5.30. The van der Waals surface area contributed by atoms with Gasteiger partial charge in [0.1, 0.15) is 0 Å². The van der Waals surface area contributed by atoms with Crippen LogP contribution < -0.4 is 5.32 Å². The molecule has 0 radical (unpaired) electrons. The van der Waals surface area contributed by atoms with Gasteiger partial charge < -0.3 is 5.32 Å². The predicted molar refractivity (Wildman–Crippen MR) is 95.2 cm³/mol. The molecule has 1 nitrogen and oxygen atoms in total. The summed E-state index contributed by atoms with van der Waals surface area (Å²) in [5, 5.41) is 3.69. The first-order valence-electron chi connectivity index (χ1n) is 7.18. The molecule has 1 N–H and O–H groups in total. The third-order valence-corrected chi connectivity index (χ3v) is 4.27. The van der Waals surface area contributed by atoms with Crippen molar-refractivity contribution in [3.8, 4) is 0 Å². The number of rotatable bonds is 5. The van der Waals surface area contributed by atoms with Crippen LogP contribution >= 0.6 is 22.6 Å². The minimum absolute atomic E-state index is 0.284. The van der Waals surface area contributed by atoms with Crippen LogP contribution in [0.2, 0.25) is 0 Å². The van der Waals surface area contributed by atoms with Crippen molar-refractivity contribution in [2.24, 2.45) is 0 Å². The summed E-state index contributed by atoms with van der Waals surface area (Å²) in [6.45, 7) is 7.60. The van der Waals surface area contributed by atoms with Gasteiger partial charge in [-0.1, -0.05) is 42.8 Å². The zero-order chi connectivity index (χ0) is 14.5. The minimum Gasteiger partial charge on any atom is -0.306 e. The van der Waals surface area contributed by atoms with Crippen LogP contribution in [0.3, 0.4) is 0 Å². The highest BCUT2D eigenvalue weighted by Gasteiger charge is 2.15. The van der Waals surface area contributed by atoms with Gasteiger partial charge >= 0.3 is 0 Å². The summed E-state index contributed by atoms with van der Waals surface area (Å²) in [5.74, 6) is 0. The normalized spacial score (nSPS) is 12.4. The van der Waals surface area contributed by atoms with Crippen LogP contribution in [0, 0.1) is 17.4 Å². The molecule has 2 rings (SSSR count). The zero-order valence-corrected chi connectivity index (χ0v) is 14.6. The number of aryl methyl sites for hydroxylation is 2. The fourth-order valence-electron chi connectivity index (χ4n) is 2.42. The molecular formula is C18H22IN. The molecule has 1 unspecified atom stereocenters. The van der Waals surface area contributed by atoms with Crippen LogP contribution in [0.15, 0.2) is 42.5 Å². The number of hydrogen-bond donors (Lipinski definition) is 1. The van der Waals surface area contributed by atoms with E-state index in [1.165, 1.54) is 25.8 Å². The largest absolute Gasteiger partial charge is 0.306 e. The number of hydrogen-bond acceptors (Lipinski definition) is 1. The monoisotopic (exact) mass is 379 g/mol. The zero-order valence-electron chi connectivity index (χ0n) is 12.4. The van der Waals surface area contributed by atoms with E-state index in [-0.39, 0.29) is 6.04 Å². The highest BCUT2D eigenvalue weighted by Crippen LogP contribution is 2.26. The van der Waals surface area contributed by atoms with Crippen LogP contribution in [-0.2, 0) is 0 Å². The summed E-state index contributed by atoms with van der Waals surface area (Å²) in [4.78, 5) is 0. The Morgan fingerprint density at radius 1 is 1.05 bits per heavy atom. The van der Waals surface area contributed by atoms with E-state index in [0.29, 0.717) is 0 Å². The van der Waals surface area contributed by atoms with Crippen molar-refractivity contribution in [3.63, 3.8) is 0 Å². The van der Waals surface area contributed by atoms with Crippen LogP contribution in [0.25, 0.3) is 0 Å². The molecule has 2 heteroatoms. The Morgan fingerprint density at radius 2 is 1.75 bits per heavy atom. The lowest BCUT2D eigenvalue weighted by Gasteiger charge is -2.22. The Labute approximate surface area is 135 Å². The molecular weight excluding hydrogens is 357 g/mol. The Hall–Kier alpha value is -0.870. The van der Waals surface area contributed by atoms with Gasteiger partial charge in [0.2, 0.25) is 0 Å². The molecule has 0 saturated heterocycles. The summed E-state index contributed by atoms with van der Waals surface area (Å²) in [5.41, 5.74) is 5.40. The first-order chi connectivity index (χ1) is 9.61. The van der Waals surface area contributed by atoms with E-state index in [1.54, 1.807) is 0 Å². The molecule has 0 spiro atoms. The summed E-state index contributed by atoms with van der Waals surface area (Å²) in [6.07, 6.45) is 1.14. The van der Waals surface area contributed by atoms with E-state index in [2.05, 4.69) is 91.1 Å². The van der Waals surface area contributed by atoms with Crippen molar-refractivity contribution >= 4 is 22.6 Å². The lowest BCUT2D eigenvalue weighted by atomic mass is 9.93. The number of halogens is 1. The molecule has 0 aliphatic rings. The molecule has 0 bridgehead atoms. The van der Waals surface area contributed by atoms with Gasteiger partial charge in [-0.05, 0) is 78.2 Å². The minimum atomic E-state index is 0.284. The van der Waals surface area contributed by atoms with Crippen LogP contribution in [-0.4, -0.2) is 6.54 Å². The average molecular weight is 379 g/mol. The van der Waals surface area contributed by atoms with Crippen molar-refractivity contribution in [2.45, 2.75) is 33.2 Å². The number of nitrogens with one attached hydrogen (secondary N) is 1. The second kappa shape index (κ2) is 7.23. The van der Waals surface area contributed by atoms with E-state index in [1.807, 2.05) is 0 Å². The van der Waals surface area contributed by atoms with Gasteiger partial charge in [-0.2, -0.15) is 0 Å². The van der Waals surface area contributed by atoms with Gasteiger partial charge in [0.15, 0.2) is 0 Å². The fourth-order valence-corrected chi connectivity index (χ4v) is 2.78. The standard InChI is InChI=1S/C18H22IN/c1-4-11-20-18(15-7-9-16(19)10-8-15)17-12-13(2)5-6-14(17)3/h5-10,12,18,20H,4,11H2,1-3H3. The molecule has 1 atom stereocenters. The first kappa shape index (κ1) is 15.5. The van der Waals surface area contributed by atoms with Crippen molar-refractivity contribution in [1.29, 1.82) is 0 Å². The van der Waals surface area contributed by atoms with Gasteiger partial charge in [-0.25, -0.2) is 0 Å². The molecule has 0 aliphatic heterocycles. The maximum Gasteiger partial charge on any atom is 0.0579 e. The number of benzene rings is 2. The smallest absolute Gasteiger partial charge is 0.0579 e. The topological polar surface area (TPSA) is 12.0 Å². The third kappa shape index (κ3) is 3.83. The van der Waals surface area contributed by atoms with Gasteiger partial charge in [0, 0.05) is 3.57 Å². The van der Waals surface area contributed by atoms with E-state index < -0.39 is 0 Å². The van der Waals surface area contributed by atoms with Gasteiger partial charge in [0.25, 0.3) is 0 Å². The predicted octanol–water partition coefficient (Wildman–Crippen LogP) is 5.00. The van der Waals surface area contributed by atoms with E-state index in [4.69, 9.17) is 0 Å². The molecule has 0 fully saturated rings. The van der Waals surface area contributed by atoms with E-state index in [0.717, 1.165) is 13.0 Å². The lowest BCUT2D eigenvalue weighted by molar-refractivity contribution is 0.596. The maximum absolute atomic E-state index is 3.69. The van der Waals surface area contributed by atoms with E-state index in [9.17, 15) is 0 Å². The molecule has 0 aromatic heterocycles. The van der Waals surface area contributed by atoms with Gasteiger partial charge in [0.05, 0.1) is 6.04 Å². The maximum atomic E-state index is 3.69. The van der Waals surface area contributed by atoms with Crippen LogP contribution in [0.4, 0.5) is 0 Å². The first-order valence-corrected chi connectivity index (χ1v) is 8.25. The second-order valence-corrected chi connectivity index (χ2v) is 6.54. The third-order valence-electron chi connectivity index (χ3n) is 3.55. The molecule has 0 saturated carbocycles. The highest BCUT2D eigenvalue weighted by molar-refractivity contribution is 14.1. The Kier molecular flexibility index (Phi) is 5.61. The molecule has 2 aromatic carbocycles. The summed E-state index contributed by atoms with van der Waals surface area (Å²) in [6, 6.07) is 15.8. The van der Waals surface area contributed by atoms with Crippen molar-refractivity contribution in [2.75, 3.05) is 6.54 Å². The molecule has 2 aromatic rings. The van der Waals surface area contributed by atoms with Crippen LogP contribution in [0.5, 0.6) is 0 Å². The molecule has 0 amide bonds. The average Bonchev–Trinajstić information content (AvgIpc) is 2.44. The summed E-state index contributed by atoms with van der Waals surface area (Å²) in [7, 11) is 0. The molecule has 0 heterocycles. The summed E-state index contributed by atoms with van der Waals surface area (Å²) >= 11 is 2.35. The van der Waals surface area contributed by atoms with Gasteiger partial charge in [-0.15, -0.1) is 0 Å². The SMILES string of the molecule is CCCNC(c1ccc(I)cc1)c1cc(C)ccc1C. The Balaban J connectivity index is 2.41. The molecule has 0 aliphatic carbocycles.